The van der Waals surface area contributed by atoms with Crippen LogP contribution < -0.4 is 5.32 Å². The van der Waals surface area contributed by atoms with Crippen LogP contribution in [-0.4, -0.2) is 38.2 Å². The molecule has 6 nitrogen and oxygen atoms in total. The molecule has 114 valence electrons. The van der Waals surface area contributed by atoms with Gasteiger partial charge in [0.15, 0.2) is 4.34 Å². The third-order valence-corrected chi connectivity index (χ3v) is 4.95. The number of hydrogen-bond acceptors (Lipinski definition) is 6. The van der Waals surface area contributed by atoms with Crippen molar-refractivity contribution in [2.45, 2.75) is 30.6 Å². The number of amides is 1. The number of thioether (sulfide) groups is 1. The second-order valence-corrected chi connectivity index (χ2v) is 7.35. The molecule has 0 saturated carbocycles. The Hall–Kier alpha value is -1.12. The Kier molecular flexibility index (Phi) is 6.01. The van der Waals surface area contributed by atoms with Crippen LogP contribution in [0.4, 0.5) is 0 Å². The van der Waals surface area contributed by atoms with E-state index < -0.39 is 0 Å². The van der Waals surface area contributed by atoms with Crippen molar-refractivity contribution in [3.05, 3.63) is 22.4 Å². The fourth-order valence-corrected chi connectivity index (χ4v) is 3.54. The van der Waals surface area contributed by atoms with E-state index in [1.165, 1.54) is 6.20 Å². The van der Waals surface area contributed by atoms with E-state index in [1.807, 2.05) is 6.92 Å². The highest BCUT2D eigenvalue weighted by Gasteiger charge is 2.15. The minimum Gasteiger partial charge on any atom is -0.354 e. The number of aryl methyl sites for hydroxylation is 1. The predicted molar refractivity (Wildman–Crippen MR) is 84.9 cm³/mol. The average Bonchev–Trinajstić information content (AvgIpc) is 3.06. The number of carbonyl (C=O) groups excluding carboxylic acids is 1. The zero-order valence-electron chi connectivity index (χ0n) is 11.7. The third-order valence-electron chi connectivity index (χ3n) is 2.70. The molecule has 0 bridgehead atoms. The first-order valence-electron chi connectivity index (χ1n) is 6.46. The third kappa shape index (κ3) is 4.98. The van der Waals surface area contributed by atoms with E-state index in [1.54, 1.807) is 40.9 Å². The first-order valence-corrected chi connectivity index (χ1v) is 8.64. The molecule has 0 fully saturated rings. The van der Waals surface area contributed by atoms with Gasteiger partial charge in [-0.2, -0.15) is 5.10 Å². The molecule has 21 heavy (non-hydrogen) atoms. The Balaban J connectivity index is 1.65. The zero-order chi connectivity index (χ0) is 15.2. The maximum absolute atomic E-state index is 11.9. The summed E-state index contributed by atoms with van der Waals surface area (Å²) in [5, 5.41) is 16.4. The molecule has 1 atom stereocenters. The summed E-state index contributed by atoms with van der Waals surface area (Å²) < 4.78 is 2.52. The van der Waals surface area contributed by atoms with Crippen LogP contribution in [0, 0.1) is 6.92 Å². The summed E-state index contributed by atoms with van der Waals surface area (Å²) in [4.78, 5) is 11.9. The first kappa shape index (κ1) is 16.3. The highest BCUT2D eigenvalue weighted by molar-refractivity contribution is 8.01. The van der Waals surface area contributed by atoms with Gasteiger partial charge < -0.3 is 5.32 Å². The van der Waals surface area contributed by atoms with E-state index >= 15 is 0 Å². The van der Waals surface area contributed by atoms with Crippen LogP contribution in [0.15, 0.2) is 16.7 Å². The highest BCUT2D eigenvalue weighted by atomic mass is 35.5. The predicted octanol–water partition coefficient (Wildman–Crippen LogP) is 2.56. The summed E-state index contributed by atoms with van der Waals surface area (Å²) >= 11 is 9.03. The summed E-state index contributed by atoms with van der Waals surface area (Å²) in [6, 6.07) is -0.365. The normalized spacial score (nSPS) is 12.3. The molecule has 2 aromatic heterocycles. The molecule has 0 spiro atoms. The van der Waals surface area contributed by atoms with Crippen molar-refractivity contribution in [2.75, 3.05) is 12.3 Å². The lowest BCUT2D eigenvalue weighted by molar-refractivity contribution is -0.124. The zero-order valence-corrected chi connectivity index (χ0v) is 14.1. The number of hydrogen-bond donors (Lipinski definition) is 1. The smallest absolute Gasteiger partial charge is 0.244 e. The van der Waals surface area contributed by atoms with E-state index in [0.29, 0.717) is 11.6 Å². The number of rotatable bonds is 7. The minimum absolute atomic E-state index is 0.0634. The second kappa shape index (κ2) is 7.77. The van der Waals surface area contributed by atoms with Crippen molar-refractivity contribution in [2.24, 2.45) is 0 Å². The van der Waals surface area contributed by atoms with E-state index in [4.69, 9.17) is 11.6 Å². The van der Waals surface area contributed by atoms with Crippen molar-refractivity contribution >= 4 is 40.6 Å². The Bertz CT molecular complexity index is 600. The van der Waals surface area contributed by atoms with E-state index in [0.717, 1.165) is 21.5 Å². The van der Waals surface area contributed by atoms with E-state index in [-0.39, 0.29) is 11.9 Å². The molecule has 2 aromatic rings. The van der Waals surface area contributed by atoms with Gasteiger partial charge in [-0.25, -0.2) is 0 Å². The van der Waals surface area contributed by atoms with Gasteiger partial charge in [-0.1, -0.05) is 34.7 Å². The molecule has 0 radical (unpaired) electrons. The van der Waals surface area contributed by atoms with Crippen LogP contribution in [0.2, 0.25) is 5.02 Å². The van der Waals surface area contributed by atoms with Gasteiger partial charge in [-0.05, 0) is 20.3 Å². The molecular formula is C12H16ClN5OS2. The topological polar surface area (TPSA) is 72.7 Å². The summed E-state index contributed by atoms with van der Waals surface area (Å²) in [5.41, 5.74) is 0. The van der Waals surface area contributed by atoms with Crippen LogP contribution in [0.25, 0.3) is 0 Å². The van der Waals surface area contributed by atoms with E-state index in [2.05, 4.69) is 20.6 Å². The molecule has 0 aliphatic heterocycles. The van der Waals surface area contributed by atoms with Crippen LogP contribution in [-0.2, 0) is 4.79 Å². The van der Waals surface area contributed by atoms with Crippen LogP contribution in [0.5, 0.6) is 0 Å². The molecule has 2 heterocycles. The van der Waals surface area contributed by atoms with Crippen LogP contribution >= 0.6 is 34.7 Å². The van der Waals surface area contributed by atoms with Crippen molar-refractivity contribution in [1.29, 1.82) is 0 Å². The van der Waals surface area contributed by atoms with Crippen molar-refractivity contribution < 1.29 is 4.79 Å². The van der Waals surface area contributed by atoms with Gasteiger partial charge >= 0.3 is 0 Å². The molecular weight excluding hydrogens is 330 g/mol. The number of halogens is 1. The first-order chi connectivity index (χ1) is 10.1. The van der Waals surface area contributed by atoms with Gasteiger partial charge in [-0.15, -0.1) is 10.2 Å². The molecule has 1 N–H and O–H groups in total. The largest absolute Gasteiger partial charge is 0.354 e. The molecule has 0 saturated heterocycles. The lowest BCUT2D eigenvalue weighted by Crippen LogP contribution is -2.32. The summed E-state index contributed by atoms with van der Waals surface area (Å²) in [6.07, 6.45) is 4.03. The summed E-state index contributed by atoms with van der Waals surface area (Å²) in [7, 11) is 0. The molecule has 1 amide bonds. The lowest BCUT2D eigenvalue weighted by Gasteiger charge is -2.12. The van der Waals surface area contributed by atoms with Gasteiger partial charge in [0.2, 0.25) is 5.91 Å². The lowest BCUT2D eigenvalue weighted by atomic mass is 10.3. The molecule has 1 unspecified atom stereocenters. The fourth-order valence-electron chi connectivity index (χ4n) is 1.57. The number of carbonyl (C=O) groups is 1. The van der Waals surface area contributed by atoms with Gasteiger partial charge in [0, 0.05) is 18.5 Å². The molecule has 9 heteroatoms. The molecule has 2 rings (SSSR count). The molecule has 0 aromatic carbocycles. The Labute approximate surface area is 136 Å². The average molecular weight is 346 g/mol. The van der Waals surface area contributed by atoms with Crippen LogP contribution in [0.3, 0.4) is 0 Å². The standard InChI is InChI=1S/C12H16ClN5OS2/c1-8(18-7-10(13)6-15-18)11(19)14-4-3-5-20-12-17-16-9(2)21-12/h6-8H,3-5H2,1-2H3,(H,14,19). The van der Waals surface area contributed by atoms with E-state index in [9.17, 15) is 4.79 Å². The maximum atomic E-state index is 11.9. The maximum Gasteiger partial charge on any atom is 0.244 e. The van der Waals surface area contributed by atoms with Gasteiger partial charge in [0.05, 0.1) is 11.2 Å². The Morgan fingerprint density at radius 1 is 1.57 bits per heavy atom. The summed E-state index contributed by atoms with van der Waals surface area (Å²) in [5.74, 6) is 0.836. The fraction of sp³-hybridized carbons (Fsp3) is 0.500. The van der Waals surface area contributed by atoms with Crippen LogP contribution in [0.1, 0.15) is 24.4 Å². The van der Waals surface area contributed by atoms with Crippen molar-refractivity contribution in [3.63, 3.8) is 0 Å². The van der Waals surface area contributed by atoms with Gasteiger partial charge in [0.25, 0.3) is 0 Å². The highest BCUT2D eigenvalue weighted by Crippen LogP contribution is 2.22. The van der Waals surface area contributed by atoms with Crippen molar-refractivity contribution in [3.8, 4) is 0 Å². The molecule has 0 aliphatic rings. The van der Waals surface area contributed by atoms with Gasteiger partial charge in [-0.3, -0.25) is 9.48 Å². The SMILES string of the molecule is Cc1nnc(SCCCNC(=O)C(C)n2cc(Cl)cn2)s1. The van der Waals surface area contributed by atoms with Crippen molar-refractivity contribution in [1.82, 2.24) is 25.3 Å². The number of nitrogens with one attached hydrogen (secondary N) is 1. The second-order valence-electron chi connectivity index (χ2n) is 4.39. The summed E-state index contributed by atoms with van der Waals surface area (Å²) in [6.45, 7) is 4.35. The number of aromatic nitrogens is 4. The Morgan fingerprint density at radius 3 is 3.00 bits per heavy atom. The Morgan fingerprint density at radius 2 is 2.38 bits per heavy atom. The quantitative estimate of drug-likeness (QED) is 0.616. The molecule has 0 aliphatic carbocycles. The minimum atomic E-state index is -0.365. The van der Waals surface area contributed by atoms with Gasteiger partial charge in [0.1, 0.15) is 11.0 Å². The number of nitrogens with zero attached hydrogens (tertiary/aromatic N) is 4. The monoisotopic (exact) mass is 345 g/mol.